The lowest BCUT2D eigenvalue weighted by molar-refractivity contribution is -0.113. The molecule has 0 fully saturated rings. The molecule has 16 heavy (non-hydrogen) atoms. The van der Waals surface area contributed by atoms with Gasteiger partial charge in [0.05, 0.1) is 17.6 Å². The molecule has 1 aromatic carbocycles. The molecule has 84 valence electrons. The molecule has 3 nitrogen and oxygen atoms in total. The van der Waals surface area contributed by atoms with Crippen LogP contribution in [0.25, 0.3) is 0 Å². The number of hydrogen-bond donors (Lipinski definition) is 1. The quantitative estimate of drug-likeness (QED) is 0.796. The number of nitrogens with one attached hydrogen (secondary N) is 1. The molecule has 1 amide bonds. The monoisotopic (exact) mass is 234 g/mol. The van der Waals surface area contributed by atoms with E-state index < -0.39 is 0 Å². The molecule has 4 heteroatoms. The van der Waals surface area contributed by atoms with Crippen molar-refractivity contribution in [3.8, 4) is 6.07 Å². The van der Waals surface area contributed by atoms with Crippen LogP contribution < -0.4 is 5.32 Å². The van der Waals surface area contributed by atoms with Crippen LogP contribution in [-0.2, 0) is 11.2 Å². The number of nitriles is 1. The Kier molecular flexibility index (Phi) is 5.44. The fraction of sp³-hybridized carbons (Fsp3) is 0.333. The van der Waals surface area contributed by atoms with Crippen LogP contribution in [0.1, 0.15) is 12.5 Å². The van der Waals surface area contributed by atoms with Crippen LogP contribution >= 0.6 is 11.8 Å². The van der Waals surface area contributed by atoms with Gasteiger partial charge in [-0.2, -0.15) is 5.26 Å². The minimum Gasteiger partial charge on any atom is -0.325 e. The SMILES string of the molecule is CCc1ccc(NC(=O)CSCC#N)cc1. The maximum absolute atomic E-state index is 11.4. The first-order valence-corrected chi connectivity index (χ1v) is 6.25. The maximum Gasteiger partial charge on any atom is 0.234 e. The van der Waals surface area contributed by atoms with E-state index in [0.29, 0.717) is 11.5 Å². The van der Waals surface area contributed by atoms with Crippen molar-refractivity contribution in [2.75, 3.05) is 16.8 Å². The van der Waals surface area contributed by atoms with Crippen molar-refractivity contribution in [3.63, 3.8) is 0 Å². The molecule has 0 radical (unpaired) electrons. The van der Waals surface area contributed by atoms with E-state index in [-0.39, 0.29) is 5.91 Å². The Balaban J connectivity index is 2.41. The Bertz CT molecular complexity index is 381. The molecule has 0 saturated heterocycles. The third-order valence-electron chi connectivity index (χ3n) is 2.05. The van der Waals surface area contributed by atoms with Crippen LogP contribution in [0.4, 0.5) is 5.69 Å². The number of anilines is 1. The molecular formula is C12H14N2OS. The summed E-state index contributed by atoms with van der Waals surface area (Å²) in [6, 6.07) is 9.77. The summed E-state index contributed by atoms with van der Waals surface area (Å²) in [6.07, 6.45) is 0.992. The third kappa shape index (κ3) is 4.37. The summed E-state index contributed by atoms with van der Waals surface area (Å²) in [7, 11) is 0. The van der Waals surface area contributed by atoms with E-state index >= 15 is 0 Å². The fourth-order valence-corrected chi connectivity index (χ4v) is 1.66. The van der Waals surface area contributed by atoms with Gasteiger partial charge < -0.3 is 5.32 Å². The predicted octanol–water partition coefficient (Wildman–Crippen LogP) is 2.44. The first-order valence-electron chi connectivity index (χ1n) is 5.09. The van der Waals surface area contributed by atoms with Gasteiger partial charge in [0.25, 0.3) is 0 Å². The standard InChI is InChI=1S/C12H14N2OS/c1-2-10-3-5-11(6-4-10)14-12(15)9-16-8-7-13/h3-6H,2,8-9H2,1H3,(H,14,15). The van der Waals surface area contributed by atoms with Crippen LogP contribution in [0.15, 0.2) is 24.3 Å². The van der Waals surface area contributed by atoms with Gasteiger partial charge in [-0.15, -0.1) is 11.8 Å². The Morgan fingerprint density at radius 2 is 2.12 bits per heavy atom. The summed E-state index contributed by atoms with van der Waals surface area (Å²) >= 11 is 1.32. The zero-order valence-corrected chi connectivity index (χ0v) is 10.0. The van der Waals surface area contributed by atoms with Crippen molar-refractivity contribution in [2.24, 2.45) is 0 Å². The minimum absolute atomic E-state index is 0.0653. The molecule has 1 N–H and O–H groups in total. The predicted molar refractivity (Wildman–Crippen MR) is 67.4 cm³/mol. The zero-order chi connectivity index (χ0) is 11.8. The molecule has 0 saturated carbocycles. The van der Waals surface area contributed by atoms with E-state index in [9.17, 15) is 4.79 Å². The van der Waals surface area contributed by atoms with Gasteiger partial charge >= 0.3 is 0 Å². The number of benzene rings is 1. The molecule has 0 atom stereocenters. The van der Waals surface area contributed by atoms with Crippen LogP contribution in [0.3, 0.4) is 0 Å². The lowest BCUT2D eigenvalue weighted by Crippen LogP contribution is -2.14. The van der Waals surface area contributed by atoms with Gasteiger partial charge in [0.1, 0.15) is 0 Å². The van der Waals surface area contributed by atoms with Crippen LogP contribution in [-0.4, -0.2) is 17.4 Å². The number of amides is 1. The first kappa shape index (κ1) is 12.6. The number of aryl methyl sites for hydroxylation is 1. The van der Waals surface area contributed by atoms with Crippen LogP contribution in [0.5, 0.6) is 0 Å². The van der Waals surface area contributed by atoms with E-state index in [0.717, 1.165) is 12.1 Å². The second kappa shape index (κ2) is 6.91. The third-order valence-corrected chi connectivity index (χ3v) is 2.85. The molecule has 0 aliphatic heterocycles. The summed E-state index contributed by atoms with van der Waals surface area (Å²) in [5, 5.41) is 11.1. The summed E-state index contributed by atoms with van der Waals surface area (Å²) in [6.45, 7) is 2.09. The smallest absolute Gasteiger partial charge is 0.234 e. The highest BCUT2D eigenvalue weighted by molar-refractivity contribution is 8.00. The molecule has 0 aromatic heterocycles. The first-order chi connectivity index (χ1) is 7.76. The summed E-state index contributed by atoms with van der Waals surface area (Å²) < 4.78 is 0. The van der Waals surface area contributed by atoms with Crippen LogP contribution in [0.2, 0.25) is 0 Å². The summed E-state index contributed by atoms with van der Waals surface area (Å²) in [4.78, 5) is 11.4. The van der Waals surface area contributed by atoms with Crippen molar-refractivity contribution in [1.82, 2.24) is 0 Å². The highest BCUT2D eigenvalue weighted by atomic mass is 32.2. The topological polar surface area (TPSA) is 52.9 Å². The lowest BCUT2D eigenvalue weighted by Gasteiger charge is -2.04. The highest BCUT2D eigenvalue weighted by Crippen LogP contribution is 2.10. The van der Waals surface area contributed by atoms with E-state index in [1.165, 1.54) is 17.3 Å². The molecule has 1 rings (SSSR count). The zero-order valence-electron chi connectivity index (χ0n) is 9.19. The number of nitrogens with zero attached hydrogens (tertiary/aromatic N) is 1. The van der Waals surface area contributed by atoms with Crippen LogP contribution in [0, 0.1) is 11.3 Å². The number of carbonyl (C=O) groups is 1. The van der Waals surface area contributed by atoms with Gasteiger partial charge in [0, 0.05) is 5.69 Å². The van der Waals surface area contributed by atoms with Gasteiger partial charge in [-0.25, -0.2) is 0 Å². The van der Waals surface area contributed by atoms with Crippen molar-refractivity contribution >= 4 is 23.4 Å². The number of thioether (sulfide) groups is 1. The van der Waals surface area contributed by atoms with Gasteiger partial charge in [0.15, 0.2) is 0 Å². The molecule has 0 aliphatic rings. The molecule has 0 heterocycles. The van der Waals surface area contributed by atoms with E-state index in [1.807, 2.05) is 30.3 Å². The number of carbonyl (C=O) groups excluding carboxylic acids is 1. The normalized spacial score (nSPS) is 9.50. The molecule has 0 aliphatic carbocycles. The Morgan fingerprint density at radius 1 is 1.44 bits per heavy atom. The van der Waals surface area contributed by atoms with E-state index in [4.69, 9.17) is 5.26 Å². The van der Waals surface area contributed by atoms with E-state index in [2.05, 4.69) is 12.2 Å². The summed E-state index contributed by atoms with van der Waals surface area (Å²) in [5.74, 6) is 0.607. The average Bonchev–Trinajstić information content (AvgIpc) is 2.30. The maximum atomic E-state index is 11.4. The second-order valence-electron chi connectivity index (χ2n) is 3.25. The minimum atomic E-state index is -0.0653. The molecule has 0 unspecified atom stereocenters. The molecule has 1 aromatic rings. The second-order valence-corrected chi connectivity index (χ2v) is 4.24. The average molecular weight is 234 g/mol. The van der Waals surface area contributed by atoms with Crippen molar-refractivity contribution in [2.45, 2.75) is 13.3 Å². The van der Waals surface area contributed by atoms with Gasteiger partial charge in [-0.3, -0.25) is 4.79 Å². The lowest BCUT2D eigenvalue weighted by atomic mass is 10.1. The Morgan fingerprint density at radius 3 is 2.69 bits per heavy atom. The molecular weight excluding hydrogens is 220 g/mol. The van der Waals surface area contributed by atoms with Gasteiger partial charge in [-0.1, -0.05) is 19.1 Å². The van der Waals surface area contributed by atoms with Crippen molar-refractivity contribution in [3.05, 3.63) is 29.8 Å². The highest BCUT2D eigenvalue weighted by Gasteiger charge is 2.01. The number of rotatable bonds is 5. The molecule has 0 bridgehead atoms. The van der Waals surface area contributed by atoms with Gasteiger partial charge in [0.2, 0.25) is 5.91 Å². The Hall–Kier alpha value is -1.47. The Labute approximate surface area is 99.8 Å². The van der Waals surface area contributed by atoms with Gasteiger partial charge in [-0.05, 0) is 24.1 Å². The summed E-state index contributed by atoms with van der Waals surface area (Å²) in [5.41, 5.74) is 2.05. The van der Waals surface area contributed by atoms with Crippen molar-refractivity contribution in [1.29, 1.82) is 5.26 Å². The number of hydrogen-bond acceptors (Lipinski definition) is 3. The largest absolute Gasteiger partial charge is 0.325 e. The fourth-order valence-electron chi connectivity index (χ4n) is 1.21. The van der Waals surface area contributed by atoms with E-state index in [1.54, 1.807) is 0 Å². The van der Waals surface area contributed by atoms with Crippen molar-refractivity contribution < 1.29 is 4.79 Å². The molecule has 0 spiro atoms.